The fourth-order valence-electron chi connectivity index (χ4n) is 4.14. The number of aryl methyl sites for hydroxylation is 2. The van der Waals surface area contributed by atoms with Gasteiger partial charge in [-0.05, 0) is 55.0 Å². The van der Waals surface area contributed by atoms with E-state index in [9.17, 15) is 4.79 Å². The van der Waals surface area contributed by atoms with E-state index in [1.54, 1.807) is 6.20 Å². The van der Waals surface area contributed by atoms with Crippen LogP contribution in [-0.4, -0.2) is 42.0 Å². The molecule has 0 unspecified atom stereocenters. The molecule has 26 heavy (non-hydrogen) atoms. The van der Waals surface area contributed by atoms with Gasteiger partial charge in [-0.2, -0.15) is 0 Å². The predicted octanol–water partition coefficient (Wildman–Crippen LogP) is 2.57. The van der Waals surface area contributed by atoms with Crippen molar-refractivity contribution in [2.75, 3.05) is 26.2 Å². The molecule has 2 aliphatic rings. The summed E-state index contributed by atoms with van der Waals surface area (Å²) in [5.41, 5.74) is 3.79. The van der Waals surface area contributed by atoms with E-state index < -0.39 is 0 Å². The number of rotatable bonds is 4. The Morgan fingerprint density at radius 2 is 1.92 bits per heavy atom. The van der Waals surface area contributed by atoms with Gasteiger partial charge >= 0.3 is 0 Å². The molecule has 4 rings (SSSR count). The van der Waals surface area contributed by atoms with Crippen molar-refractivity contribution in [1.29, 1.82) is 0 Å². The number of amides is 1. The van der Waals surface area contributed by atoms with E-state index in [4.69, 9.17) is 4.74 Å². The number of carbonyl (C=O) groups is 1. The van der Waals surface area contributed by atoms with Crippen molar-refractivity contribution in [3.8, 4) is 5.75 Å². The minimum atomic E-state index is 0.143. The summed E-state index contributed by atoms with van der Waals surface area (Å²) in [7, 11) is 0. The highest BCUT2D eigenvalue weighted by Gasteiger charge is 2.38. The van der Waals surface area contributed by atoms with Crippen molar-refractivity contribution >= 4 is 5.91 Å². The van der Waals surface area contributed by atoms with Gasteiger partial charge in [-0.25, -0.2) is 0 Å². The summed E-state index contributed by atoms with van der Waals surface area (Å²) in [4.78, 5) is 19.1. The smallest absolute Gasteiger partial charge is 0.253 e. The lowest BCUT2D eigenvalue weighted by Gasteiger charge is -2.19. The summed E-state index contributed by atoms with van der Waals surface area (Å²) in [6, 6.07) is 7.82. The van der Waals surface area contributed by atoms with Gasteiger partial charge in [-0.1, -0.05) is 6.07 Å². The van der Waals surface area contributed by atoms with Crippen molar-refractivity contribution < 1.29 is 9.53 Å². The number of ether oxygens (including phenoxy) is 1. The number of pyridine rings is 1. The fourth-order valence-corrected chi connectivity index (χ4v) is 4.14. The zero-order chi connectivity index (χ0) is 18.1. The lowest BCUT2D eigenvalue weighted by atomic mass is 10.0. The molecule has 5 nitrogen and oxygen atoms in total. The molecule has 0 aliphatic carbocycles. The van der Waals surface area contributed by atoms with Crippen molar-refractivity contribution in [2.24, 2.45) is 11.8 Å². The highest BCUT2D eigenvalue weighted by molar-refractivity contribution is 5.95. The van der Waals surface area contributed by atoms with E-state index in [2.05, 4.69) is 10.3 Å². The van der Waals surface area contributed by atoms with Crippen LogP contribution in [0.4, 0.5) is 0 Å². The Morgan fingerprint density at radius 3 is 2.54 bits per heavy atom. The molecule has 0 spiro atoms. The molecule has 1 aromatic carbocycles. The normalized spacial score (nSPS) is 21.7. The Kier molecular flexibility index (Phi) is 4.64. The third kappa shape index (κ3) is 3.31. The molecule has 1 aromatic heterocycles. The molecule has 0 bridgehead atoms. The van der Waals surface area contributed by atoms with Crippen molar-refractivity contribution in [3.63, 3.8) is 0 Å². The van der Waals surface area contributed by atoms with Crippen LogP contribution in [0.5, 0.6) is 5.75 Å². The Morgan fingerprint density at radius 1 is 1.23 bits per heavy atom. The van der Waals surface area contributed by atoms with Gasteiger partial charge < -0.3 is 15.0 Å². The molecular weight excluding hydrogens is 326 g/mol. The first-order valence-corrected chi connectivity index (χ1v) is 9.25. The predicted molar refractivity (Wildman–Crippen MR) is 100 cm³/mol. The summed E-state index contributed by atoms with van der Waals surface area (Å²) < 4.78 is 6.00. The zero-order valence-electron chi connectivity index (χ0n) is 15.4. The number of fused-ring (bicyclic) bond motifs is 1. The van der Waals surface area contributed by atoms with Gasteiger partial charge in [0.05, 0.1) is 0 Å². The SMILES string of the molecule is Cc1cc(C(=O)N2C[C@H]3CNC[C@H]3C2)cc(C)c1OCc1cccnc1. The summed E-state index contributed by atoms with van der Waals surface area (Å²) in [6.07, 6.45) is 3.56. The lowest BCUT2D eigenvalue weighted by molar-refractivity contribution is 0.0781. The highest BCUT2D eigenvalue weighted by atomic mass is 16.5. The largest absolute Gasteiger partial charge is 0.488 e. The number of carbonyl (C=O) groups excluding carboxylic acids is 1. The van der Waals surface area contributed by atoms with Crippen LogP contribution in [0, 0.1) is 25.7 Å². The maximum absolute atomic E-state index is 12.9. The number of nitrogens with one attached hydrogen (secondary N) is 1. The first kappa shape index (κ1) is 17.0. The van der Waals surface area contributed by atoms with Crippen LogP contribution >= 0.6 is 0 Å². The number of hydrogen-bond acceptors (Lipinski definition) is 4. The monoisotopic (exact) mass is 351 g/mol. The van der Waals surface area contributed by atoms with Crippen LogP contribution in [0.25, 0.3) is 0 Å². The molecule has 1 N–H and O–H groups in total. The fraction of sp³-hybridized carbons (Fsp3) is 0.429. The van der Waals surface area contributed by atoms with Gasteiger partial charge in [0.2, 0.25) is 0 Å². The first-order chi connectivity index (χ1) is 12.6. The van der Waals surface area contributed by atoms with Crippen LogP contribution in [0.15, 0.2) is 36.7 Å². The summed E-state index contributed by atoms with van der Waals surface area (Å²) in [5.74, 6) is 2.23. The average Bonchev–Trinajstić information content (AvgIpc) is 3.23. The van der Waals surface area contributed by atoms with E-state index in [0.717, 1.165) is 54.2 Å². The number of aromatic nitrogens is 1. The van der Waals surface area contributed by atoms with Gasteiger partial charge in [0.15, 0.2) is 0 Å². The topological polar surface area (TPSA) is 54.5 Å². The number of likely N-dealkylation sites (tertiary alicyclic amines) is 1. The number of nitrogens with zero attached hydrogens (tertiary/aromatic N) is 2. The molecular formula is C21H25N3O2. The van der Waals surface area contributed by atoms with Gasteiger partial charge in [0, 0.05) is 49.7 Å². The van der Waals surface area contributed by atoms with Crippen LogP contribution in [-0.2, 0) is 6.61 Å². The summed E-state index contributed by atoms with van der Waals surface area (Å²) >= 11 is 0. The highest BCUT2D eigenvalue weighted by Crippen LogP contribution is 2.30. The Hall–Kier alpha value is -2.40. The second kappa shape index (κ2) is 7.08. The van der Waals surface area contributed by atoms with E-state index in [0.29, 0.717) is 18.4 Å². The maximum atomic E-state index is 12.9. The minimum absolute atomic E-state index is 0.143. The second-order valence-electron chi connectivity index (χ2n) is 7.48. The Balaban J connectivity index is 1.47. The third-order valence-electron chi connectivity index (χ3n) is 5.49. The molecule has 2 saturated heterocycles. The second-order valence-corrected chi connectivity index (χ2v) is 7.48. The summed E-state index contributed by atoms with van der Waals surface area (Å²) in [6.45, 7) is 8.30. The van der Waals surface area contributed by atoms with Crippen LogP contribution in [0.3, 0.4) is 0 Å². The third-order valence-corrected chi connectivity index (χ3v) is 5.49. The summed E-state index contributed by atoms with van der Waals surface area (Å²) in [5, 5.41) is 3.42. The maximum Gasteiger partial charge on any atom is 0.253 e. The number of hydrogen-bond donors (Lipinski definition) is 1. The van der Waals surface area contributed by atoms with Gasteiger partial charge in [-0.15, -0.1) is 0 Å². The van der Waals surface area contributed by atoms with Gasteiger partial charge in [0.25, 0.3) is 5.91 Å². The zero-order valence-corrected chi connectivity index (χ0v) is 15.4. The van der Waals surface area contributed by atoms with Crippen LogP contribution < -0.4 is 10.1 Å². The molecule has 0 saturated carbocycles. The van der Waals surface area contributed by atoms with Crippen molar-refractivity contribution in [2.45, 2.75) is 20.5 Å². The van der Waals surface area contributed by atoms with Crippen LogP contribution in [0.1, 0.15) is 27.0 Å². The molecule has 3 heterocycles. The molecule has 136 valence electrons. The van der Waals surface area contributed by atoms with E-state index >= 15 is 0 Å². The van der Waals surface area contributed by atoms with Crippen molar-refractivity contribution in [3.05, 3.63) is 58.9 Å². The van der Waals surface area contributed by atoms with Crippen molar-refractivity contribution in [1.82, 2.24) is 15.2 Å². The van der Waals surface area contributed by atoms with Gasteiger partial charge in [0.1, 0.15) is 12.4 Å². The van der Waals surface area contributed by atoms with E-state index in [1.807, 2.05) is 49.2 Å². The molecule has 5 heteroatoms. The Bertz CT molecular complexity index is 771. The van der Waals surface area contributed by atoms with E-state index in [1.165, 1.54) is 0 Å². The molecule has 1 amide bonds. The molecule has 2 fully saturated rings. The minimum Gasteiger partial charge on any atom is -0.488 e. The standard InChI is InChI=1S/C21H25N3O2/c1-14-6-17(21(25)24-11-18-9-23-10-19(18)12-24)7-15(2)20(14)26-13-16-4-3-5-22-8-16/h3-8,18-19,23H,9-13H2,1-2H3/t18-,19+. The molecule has 0 radical (unpaired) electrons. The van der Waals surface area contributed by atoms with E-state index in [-0.39, 0.29) is 5.91 Å². The van der Waals surface area contributed by atoms with Crippen LogP contribution in [0.2, 0.25) is 0 Å². The quantitative estimate of drug-likeness (QED) is 0.920. The molecule has 2 atom stereocenters. The number of benzene rings is 1. The lowest BCUT2D eigenvalue weighted by Crippen LogP contribution is -2.32. The van der Waals surface area contributed by atoms with Gasteiger partial charge in [-0.3, -0.25) is 9.78 Å². The molecule has 2 aromatic rings. The first-order valence-electron chi connectivity index (χ1n) is 9.25. The Labute approximate surface area is 154 Å². The average molecular weight is 351 g/mol. The molecule has 2 aliphatic heterocycles.